The smallest absolute Gasteiger partial charge is 0.256 e. The first-order valence-corrected chi connectivity index (χ1v) is 8.94. The summed E-state index contributed by atoms with van der Waals surface area (Å²) in [7, 11) is 0. The molecule has 8 heteroatoms. The normalized spacial score (nSPS) is 15.2. The number of piperidine rings is 1. The molecule has 1 saturated heterocycles. The zero-order valence-electron chi connectivity index (χ0n) is 13.2. The second-order valence-electron chi connectivity index (χ2n) is 5.80. The zero-order valence-corrected chi connectivity index (χ0v) is 15.4. The van der Waals surface area contributed by atoms with Crippen molar-refractivity contribution in [2.24, 2.45) is 0 Å². The third-order valence-electron chi connectivity index (χ3n) is 4.18. The molecule has 132 valence electrons. The molecule has 0 spiro atoms. The average Bonchev–Trinajstić information content (AvgIpc) is 2.62. The highest BCUT2D eigenvalue weighted by atomic mass is 35.5. The van der Waals surface area contributed by atoms with Gasteiger partial charge < -0.3 is 15.3 Å². The molecule has 1 aromatic heterocycles. The number of carbonyl (C=O) groups excluding carboxylic acids is 1. The van der Waals surface area contributed by atoms with Crippen LogP contribution in [-0.4, -0.2) is 35.1 Å². The first kappa shape index (κ1) is 18.1. The number of amides is 1. The molecule has 0 atom stereocenters. The van der Waals surface area contributed by atoms with Crippen molar-refractivity contribution < 1.29 is 9.90 Å². The highest BCUT2D eigenvalue weighted by Crippen LogP contribution is 2.38. The molecule has 0 radical (unpaired) electrons. The van der Waals surface area contributed by atoms with E-state index in [1.54, 1.807) is 6.20 Å². The van der Waals surface area contributed by atoms with E-state index in [1.165, 1.54) is 6.07 Å². The van der Waals surface area contributed by atoms with E-state index in [0.29, 0.717) is 0 Å². The lowest BCUT2D eigenvalue weighted by Gasteiger charge is -2.33. The quantitative estimate of drug-likeness (QED) is 0.760. The number of aromatic nitrogens is 1. The van der Waals surface area contributed by atoms with Crippen LogP contribution in [0.25, 0.3) is 0 Å². The van der Waals surface area contributed by atoms with Gasteiger partial charge in [-0.1, -0.05) is 40.9 Å². The van der Waals surface area contributed by atoms with Crippen molar-refractivity contribution in [3.8, 4) is 5.75 Å². The Labute approximate surface area is 160 Å². The first-order valence-electron chi connectivity index (χ1n) is 7.80. The van der Waals surface area contributed by atoms with Crippen LogP contribution in [0.5, 0.6) is 5.75 Å². The molecule has 0 unspecified atom stereocenters. The number of hydrogen-bond donors (Lipinski definition) is 2. The molecule has 1 amide bonds. The maximum atomic E-state index is 12.5. The number of benzene rings is 1. The third-order valence-corrected chi connectivity index (χ3v) is 5.25. The summed E-state index contributed by atoms with van der Waals surface area (Å²) in [5.74, 6) is 0.0808. The molecule has 25 heavy (non-hydrogen) atoms. The second kappa shape index (κ2) is 7.68. The van der Waals surface area contributed by atoms with Gasteiger partial charge in [0.25, 0.3) is 5.91 Å². The number of nitrogens with zero attached hydrogens (tertiary/aromatic N) is 2. The van der Waals surface area contributed by atoms with Gasteiger partial charge in [-0.05, 0) is 31.0 Å². The Morgan fingerprint density at radius 1 is 1.20 bits per heavy atom. The highest BCUT2D eigenvalue weighted by Gasteiger charge is 2.26. The van der Waals surface area contributed by atoms with Crippen LogP contribution in [0, 0.1) is 0 Å². The van der Waals surface area contributed by atoms with Gasteiger partial charge in [-0.15, -0.1) is 0 Å². The van der Waals surface area contributed by atoms with Crippen LogP contribution in [0.1, 0.15) is 23.2 Å². The Hall–Kier alpha value is -1.69. The number of nitrogens with one attached hydrogen (secondary N) is 1. The van der Waals surface area contributed by atoms with Gasteiger partial charge in [-0.3, -0.25) is 4.79 Å². The van der Waals surface area contributed by atoms with E-state index < -0.39 is 5.91 Å². The van der Waals surface area contributed by atoms with Crippen LogP contribution < -0.4 is 10.2 Å². The molecule has 1 fully saturated rings. The molecular formula is C17H16Cl3N3O2. The summed E-state index contributed by atoms with van der Waals surface area (Å²) in [5, 5.41) is 13.0. The molecule has 5 nitrogen and oxygen atoms in total. The number of anilines is 1. The van der Waals surface area contributed by atoms with Crippen molar-refractivity contribution in [3.63, 3.8) is 0 Å². The number of halogens is 3. The molecule has 2 N–H and O–H groups in total. The maximum Gasteiger partial charge on any atom is 0.256 e. The Kier molecular flexibility index (Phi) is 5.57. The summed E-state index contributed by atoms with van der Waals surface area (Å²) >= 11 is 17.9. The molecule has 1 aliphatic rings. The van der Waals surface area contributed by atoms with Crippen LogP contribution >= 0.6 is 34.8 Å². The minimum Gasteiger partial charge on any atom is -0.505 e. The lowest BCUT2D eigenvalue weighted by molar-refractivity contribution is 0.0928. The monoisotopic (exact) mass is 399 g/mol. The maximum absolute atomic E-state index is 12.5. The Morgan fingerprint density at radius 3 is 2.56 bits per heavy atom. The van der Waals surface area contributed by atoms with Gasteiger partial charge in [0, 0.05) is 25.3 Å². The third kappa shape index (κ3) is 3.94. The lowest BCUT2D eigenvalue weighted by atomic mass is 10.0. The molecule has 0 saturated carbocycles. The van der Waals surface area contributed by atoms with Crippen molar-refractivity contribution in [1.82, 2.24) is 10.3 Å². The minimum atomic E-state index is -0.483. The Balaban J connectivity index is 1.66. The average molecular weight is 401 g/mol. The van der Waals surface area contributed by atoms with Gasteiger partial charge in [0.15, 0.2) is 0 Å². The predicted molar refractivity (Wildman–Crippen MR) is 100 cm³/mol. The van der Waals surface area contributed by atoms with Gasteiger partial charge in [-0.25, -0.2) is 4.98 Å². The number of carbonyl (C=O) groups is 1. The fourth-order valence-electron chi connectivity index (χ4n) is 2.84. The van der Waals surface area contributed by atoms with E-state index in [4.69, 9.17) is 34.8 Å². The van der Waals surface area contributed by atoms with Gasteiger partial charge in [0.1, 0.15) is 17.1 Å². The van der Waals surface area contributed by atoms with Gasteiger partial charge in [-0.2, -0.15) is 0 Å². The predicted octanol–water partition coefficient (Wildman–Crippen LogP) is 4.15. The number of rotatable bonds is 3. The summed E-state index contributed by atoms with van der Waals surface area (Å²) in [6, 6.07) is 7.07. The van der Waals surface area contributed by atoms with Crippen LogP contribution in [0.4, 0.5) is 5.82 Å². The number of aromatic hydroxyl groups is 1. The van der Waals surface area contributed by atoms with Gasteiger partial charge in [0.2, 0.25) is 0 Å². The molecule has 2 heterocycles. The molecule has 1 aliphatic heterocycles. The van der Waals surface area contributed by atoms with Crippen molar-refractivity contribution in [1.29, 1.82) is 0 Å². The largest absolute Gasteiger partial charge is 0.505 e. The summed E-state index contributed by atoms with van der Waals surface area (Å²) < 4.78 is 0. The van der Waals surface area contributed by atoms with Crippen molar-refractivity contribution >= 4 is 46.5 Å². The SMILES string of the molecule is O=C(NC1CCN(c2ccccn2)CC1)c1c(O)c(Cl)cc(Cl)c1Cl. The van der Waals surface area contributed by atoms with Crippen molar-refractivity contribution in [2.75, 3.05) is 18.0 Å². The molecule has 3 rings (SSSR count). The van der Waals surface area contributed by atoms with Crippen LogP contribution in [0.15, 0.2) is 30.5 Å². The number of hydrogen-bond acceptors (Lipinski definition) is 4. The van der Waals surface area contributed by atoms with E-state index in [-0.39, 0.29) is 32.4 Å². The molecular weight excluding hydrogens is 385 g/mol. The van der Waals surface area contributed by atoms with Crippen LogP contribution in [0.3, 0.4) is 0 Å². The minimum absolute atomic E-state index is 0.00742. The zero-order chi connectivity index (χ0) is 18.0. The summed E-state index contributed by atoms with van der Waals surface area (Å²) in [6.45, 7) is 1.55. The number of phenols is 1. The molecule has 2 aromatic rings. The van der Waals surface area contributed by atoms with Gasteiger partial charge >= 0.3 is 0 Å². The van der Waals surface area contributed by atoms with E-state index in [1.807, 2.05) is 18.2 Å². The second-order valence-corrected chi connectivity index (χ2v) is 6.99. The van der Waals surface area contributed by atoms with E-state index in [9.17, 15) is 9.90 Å². The lowest BCUT2D eigenvalue weighted by Crippen LogP contribution is -2.45. The fraction of sp³-hybridized carbons (Fsp3) is 0.294. The number of phenolic OH excluding ortho intramolecular Hbond substituents is 1. The summed E-state index contributed by atoms with van der Waals surface area (Å²) in [5.41, 5.74) is -0.0914. The summed E-state index contributed by atoms with van der Waals surface area (Å²) in [6.07, 6.45) is 3.28. The molecule has 0 bridgehead atoms. The van der Waals surface area contributed by atoms with Gasteiger partial charge in [0.05, 0.1) is 15.1 Å². The molecule has 1 aromatic carbocycles. The van der Waals surface area contributed by atoms with Crippen LogP contribution in [-0.2, 0) is 0 Å². The van der Waals surface area contributed by atoms with Crippen LogP contribution in [0.2, 0.25) is 15.1 Å². The van der Waals surface area contributed by atoms with Crippen molar-refractivity contribution in [2.45, 2.75) is 18.9 Å². The standard InChI is InChI=1S/C17H16Cl3N3O2/c18-11-9-12(19)16(24)14(15(11)20)17(25)22-10-4-7-23(8-5-10)13-3-1-2-6-21-13/h1-3,6,9-10,24H,4-5,7-8H2,(H,22,25). The Bertz CT molecular complexity index is 752. The van der Waals surface area contributed by atoms with E-state index >= 15 is 0 Å². The Morgan fingerprint density at radius 2 is 1.92 bits per heavy atom. The highest BCUT2D eigenvalue weighted by molar-refractivity contribution is 6.45. The fourth-order valence-corrected chi connectivity index (χ4v) is 3.54. The van der Waals surface area contributed by atoms with Crippen molar-refractivity contribution in [3.05, 3.63) is 51.1 Å². The van der Waals surface area contributed by atoms with E-state index in [0.717, 1.165) is 31.7 Å². The molecule has 0 aliphatic carbocycles. The first-order chi connectivity index (χ1) is 12.0. The number of pyridine rings is 1. The summed E-state index contributed by atoms with van der Waals surface area (Å²) in [4.78, 5) is 19.0. The van der Waals surface area contributed by atoms with E-state index in [2.05, 4.69) is 15.2 Å². The topological polar surface area (TPSA) is 65.5 Å².